The van der Waals surface area contributed by atoms with Crippen molar-refractivity contribution >= 4 is 56.1 Å². The molecule has 4 nitrogen and oxygen atoms in total. The molecule has 130 valence electrons. The van der Waals surface area contributed by atoms with Crippen molar-refractivity contribution in [3.8, 4) is 5.75 Å². The highest BCUT2D eigenvalue weighted by Crippen LogP contribution is 2.29. The molecule has 7 heteroatoms. The zero-order valence-electron chi connectivity index (χ0n) is 13.9. The molecule has 0 aliphatic heterocycles. The lowest BCUT2D eigenvalue weighted by molar-refractivity contribution is -0.115. The first-order chi connectivity index (χ1) is 12.2. The van der Waals surface area contributed by atoms with Crippen molar-refractivity contribution in [2.24, 2.45) is 0 Å². The van der Waals surface area contributed by atoms with Crippen LogP contribution in [0.2, 0.25) is 0 Å². The van der Waals surface area contributed by atoms with Gasteiger partial charge in [0.2, 0.25) is 5.91 Å². The molecule has 0 aliphatic rings. The fourth-order valence-electron chi connectivity index (χ4n) is 2.20. The Kier molecular flexibility index (Phi) is 6.23. The van der Waals surface area contributed by atoms with Gasteiger partial charge in [-0.1, -0.05) is 11.3 Å². The van der Waals surface area contributed by atoms with Crippen LogP contribution in [0.5, 0.6) is 5.75 Å². The van der Waals surface area contributed by atoms with Crippen molar-refractivity contribution in [3.63, 3.8) is 0 Å². The van der Waals surface area contributed by atoms with Crippen molar-refractivity contribution in [2.75, 3.05) is 24.4 Å². The molecule has 0 atom stereocenters. The molecule has 0 fully saturated rings. The highest BCUT2D eigenvalue weighted by Gasteiger charge is 2.08. The molecule has 1 aromatic heterocycles. The highest BCUT2D eigenvalue weighted by molar-refractivity contribution is 7.99. The highest BCUT2D eigenvalue weighted by atomic mass is 32.2. The first-order valence-electron chi connectivity index (χ1n) is 7.69. The Morgan fingerprint density at radius 2 is 1.96 bits per heavy atom. The van der Waals surface area contributed by atoms with Crippen LogP contribution in [-0.2, 0) is 4.79 Å². The first kappa shape index (κ1) is 18.1. The smallest absolute Gasteiger partial charge is 0.226 e. The lowest BCUT2D eigenvalue weighted by Crippen LogP contribution is -2.11. The molecule has 0 aliphatic carbocycles. The number of hydrogen-bond donors (Lipinski definition) is 1. The van der Waals surface area contributed by atoms with Crippen molar-refractivity contribution in [1.29, 1.82) is 0 Å². The Morgan fingerprint density at radius 1 is 1.20 bits per heavy atom. The number of benzene rings is 2. The summed E-state index contributed by atoms with van der Waals surface area (Å²) in [6, 6.07) is 14.0. The van der Waals surface area contributed by atoms with Crippen LogP contribution >= 0.6 is 34.9 Å². The third-order valence-electron chi connectivity index (χ3n) is 3.50. The monoisotopic (exact) mass is 390 g/mol. The van der Waals surface area contributed by atoms with E-state index in [4.69, 9.17) is 4.74 Å². The summed E-state index contributed by atoms with van der Waals surface area (Å²) in [6.07, 6.45) is 2.49. The molecule has 0 saturated carbocycles. The quantitative estimate of drug-likeness (QED) is 0.566. The predicted octanol–water partition coefficient (Wildman–Crippen LogP) is 5.15. The van der Waals surface area contributed by atoms with Crippen LogP contribution < -0.4 is 10.1 Å². The number of methoxy groups -OCH3 is 1. The minimum absolute atomic E-state index is 0.00911. The number of amides is 1. The molecule has 1 heterocycles. The van der Waals surface area contributed by atoms with Gasteiger partial charge in [0.1, 0.15) is 5.75 Å². The Morgan fingerprint density at radius 3 is 2.68 bits per heavy atom. The lowest BCUT2D eigenvalue weighted by Gasteiger charge is -2.03. The van der Waals surface area contributed by atoms with Gasteiger partial charge in [-0.05, 0) is 48.7 Å². The van der Waals surface area contributed by atoms with E-state index >= 15 is 0 Å². The molecule has 25 heavy (non-hydrogen) atoms. The second kappa shape index (κ2) is 8.60. The Balaban J connectivity index is 1.51. The standard InChI is InChI=1S/C18H18N2O2S3/c1-22-12-3-5-13(6-4-12)24-10-9-17(21)20-18-19-15-8-7-14(23-2)11-16(15)25-18/h3-8,11H,9-10H2,1-2H3,(H,19,20,21). The zero-order valence-corrected chi connectivity index (χ0v) is 16.4. The number of anilines is 1. The first-order valence-corrected chi connectivity index (χ1v) is 10.7. The van der Waals surface area contributed by atoms with Gasteiger partial charge in [-0.2, -0.15) is 0 Å². The van der Waals surface area contributed by atoms with Gasteiger partial charge in [-0.3, -0.25) is 4.79 Å². The van der Waals surface area contributed by atoms with E-state index in [2.05, 4.69) is 16.4 Å². The summed E-state index contributed by atoms with van der Waals surface area (Å²) < 4.78 is 6.23. The minimum Gasteiger partial charge on any atom is -0.497 e. The van der Waals surface area contributed by atoms with E-state index in [1.165, 1.54) is 16.2 Å². The largest absolute Gasteiger partial charge is 0.497 e. The number of fused-ring (bicyclic) bond motifs is 1. The minimum atomic E-state index is -0.00911. The Bertz CT molecular complexity index is 862. The summed E-state index contributed by atoms with van der Waals surface area (Å²) >= 11 is 4.86. The third-order valence-corrected chi connectivity index (χ3v) is 6.17. The van der Waals surface area contributed by atoms with Crippen LogP contribution in [0, 0.1) is 0 Å². The molecule has 0 unspecified atom stereocenters. The van der Waals surface area contributed by atoms with Gasteiger partial charge in [0.25, 0.3) is 0 Å². The number of nitrogens with zero attached hydrogens (tertiary/aromatic N) is 1. The SMILES string of the molecule is COc1ccc(SCCC(=O)Nc2nc3ccc(SC)cc3s2)cc1. The average Bonchev–Trinajstić information content (AvgIpc) is 3.03. The van der Waals surface area contributed by atoms with E-state index in [1.807, 2.05) is 42.7 Å². The number of thioether (sulfide) groups is 2. The summed E-state index contributed by atoms with van der Waals surface area (Å²) in [5, 5.41) is 3.56. The maximum absolute atomic E-state index is 12.1. The number of carbonyl (C=O) groups excluding carboxylic acids is 1. The van der Waals surface area contributed by atoms with E-state index < -0.39 is 0 Å². The number of ether oxygens (including phenoxy) is 1. The molecule has 2 aromatic carbocycles. The van der Waals surface area contributed by atoms with Gasteiger partial charge in [-0.15, -0.1) is 23.5 Å². The molecule has 3 rings (SSSR count). The predicted molar refractivity (Wildman–Crippen MR) is 108 cm³/mol. The summed E-state index contributed by atoms with van der Waals surface area (Å²) in [7, 11) is 1.65. The summed E-state index contributed by atoms with van der Waals surface area (Å²) in [5.74, 6) is 1.55. The Hall–Kier alpha value is -1.70. The van der Waals surface area contributed by atoms with Crippen LogP contribution in [0.1, 0.15) is 6.42 Å². The number of nitrogens with one attached hydrogen (secondary N) is 1. The topological polar surface area (TPSA) is 51.2 Å². The summed E-state index contributed by atoms with van der Waals surface area (Å²) in [4.78, 5) is 18.9. The van der Waals surface area contributed by atoms with E-state index in [0.717, 1.165) is 26.6 Å². The number of hydrogen-bond acceptors (Lipinski definition) is 6. The molecule has 0 saturated heterocycles. The summed E-state index contributed by atoms with van der Waals surface area (Å²) in [5.41, 5.74) is 0.922. The van der Waals surface area contributed by atoms with Gasteiger partial charge < -0.3 is 10.1 Å². The second-order valence-corrected chi connectivity index (χ2v) is 8.25. The van der Waals surface area contributed by atoms with Gasteiger partial charge in [0, 0.05) is 22.0 Å². The number of carbonyl (C=O) groups is 1. The fraction of sp³-hybridized carbons (Fsp3) is 0.222. The molecule has 0 radical (unpaired) electrons. The van der Waals surface area contributed by atoms with E-state index in [0.29, 0.717) is 11.6 Å². The molecule has 1 amide bonds. The maximum Gasteiger partial charge on any atom is 0.226 e. The normalized spacial score (nSPS) is 10.8. The van der Waals surface area contributed by atoms with E-state index in [1.54, 1.807) is 30.6 Å². The average molecular weight is 391 g/mol. The van der Waals surface area contributed by atoms with Crippen molar-refractivity contribution < 1.29 is 9.53 Å². The molecule has 0 bridgehead atoms. The van der Waals surface area contributed by atoms with E-state index in [9.17, 15) is 4.79 Å². The van der Waals surface area contributed by atoms with Gasteiger partial charge in [0.15, 0.2) is 5.13 Å². The summed E-state index contributed by atoms with van der Waals surface area (Å²) in [6.45, 7) is 0. The number of aromatic nitrogens is 1. The lowest BCUT2D eigenvalue weighted by atomic mass is 10.3. The second-order valence-electron chi connectivity index (χ2n) is 5.17. The molecule has 3 aromatic rings. The number of rotatable bonds is 7. The van der Waals surface area contributed by atoms with Gasteiger partial charge in [-0.25, -0.2) is 4.98 Å². The van der Waals surface area contributed by atoms with Crippen molar-refractivity contribution in [2.45, 2.75) is 16.2 Å². The fourth-order valence-corrected chi connectivity index (χ4v) is 4.49. The molecular formula is C18H18N2O2S3. The Labute approximate surface area is 159 Å². The van der Waals surface area contributed by atoms with Gasteiger partial charge in [0.05, 0.1) is 17.3 Å². The van der Waals surface area contributed by atoms with Crippen molar-refractivity contribution in [1.82, 2.24) is 4.98 Å². The molecule has 1 N–H and O–H groups in total. The van der Waals surface area contributed by atoms with Crippen LogP contribution in [0.25, 0.3) is 10.2 Å². The van der Waals surface area contributed by atoms with Crippen LogP contribution in [0.3, 0.4) is 0 Å². The molecule has 0 spiro atoms. The van der Waals surface area contributed by atoms with Crippen molar-refractivity contribution in [3.05, 3.63) is 42.5 Å². The zero-order chi connectivity index (χ0) is 17.6. The van der Waals surface area contributed by atoms with Gasteiger partial charge >= 0.3 is 0 Å². The maximum atomic E-state index is 12.1. The number of thiazole rings is 1. The van der Waals surface area contributed by atoms with Crippen LogP contribution in [0.4, 0.5) is 5.13 Å². The third kappa shape index (κ3) is 4.90. The van der Waals surface area contributed by atoms with Crippen LogP contribution in [0.15, 0.2) is 52.3 Å². The van der Waals surface area contributed by atoms with E-state index in [-0.39, 0.29) is 5.91 Å². The van der Waals surface area contributed by atoms with Crippen LogP contribution in [-0.4, -0.2) is 30.0 Å². The molecular weight excluding hydrogens is 372 g/mol.